The summed E-state index contributed by atoms with van der Waals surface area (Å²) < 4.78 is 6.00. The Balaban J connectivity index is 1.57. The highest BCUT2D eigenvalue weighted by atomic mass is 16.5. The zero-order chi connectivity index (χ0) is 19.1. The minimum absolute atomic E-state index is 0.132. The molecule has 27 heavy (non-hydrogen) atoms. The molecule has 1 amide bonds. The van der Waals surface area contributed by atoms with Gasteiger partial charge in [-0.1, -0.05) is 30.3 Å². The number of hydrogen-bond donors (Lipinski definition) is 1. The summed E-state index contributed by atoms with van der Waals surface area (Å²) in [5, 5.41) is 5.49. The molecule has 0 fully saturated rings. The molecular weight excluding hydrogens is 334 g/mol. The van der Waals surface area contributed by atoms with Crippen molar-refractivity contribution in [1.82, 2.24) is 0 Å². The molecule has 138 valence electrons. The zero-order valence-corrected chi connectivity index (χ0v) is 16.3. The fourth-order valence-corrected chi connectivity index (χ4v) is 3.96. The number of carbonyl (C=O) groups excluding carboxylic acids is 1. The van der Waals surface area contributed by atoms with Crippen molar-refractivity contribution in [3.05, 3.63) is 70.3 Å². The Morgan fingerprint density at radius 1 is 1.04 bits per heavy atom. The van der Waals surface area contributed by atoms with Crippen molar-refractivity contribution in [2.45, 2.75) is 46.6 Å². The van der Waals surface area contributed by atoms with Crippen LogP contribution < -0.4 is 10.1 Å². The molecule has 0 aliphatic heterocycles. The van der Waals surface area contributed by atoms with Crippen molar-refractivity contribution < 1.29 is 9.53 Å². The van der Waals surface area contributed by atoms with E-state index in [1.54, 1.807) is 6.92 Å². The third-order valence-electron chi connectivity index (χ3n) is 5.57. The van der Waals surface area contributed by atoms with E-state index in [0.717, 1.165) is 40.8 Å². The summed E-state index contributed by atoms with van der Waals surface area (Å²) in [5.74, 6) is 0.641. The van der Waals surface area contributed by atoms with Gasteiger partial charge in [-0.05, 0) is 85.9 Å². The van der Waals surface area contributed by atoms with Crippen LogP contribution in [0.25, 0.3) is 10.8 Å². The van der Waals surface area contributed by atoms with Gasteiger partial charge in [0, 0.05) is 11.1 Å². The van der Waals surface area contributed by atoms with Gasteiger partial charge in [0.1, 0.15) is 5.75 Å². The third-order valence-corrected chi connectivity index (χ3v) is 5.57. The minimum atomic E-state index is -0.576. The van der Waals surface area contributed by atoms with Crippen LogP contribution >= 0.6 is 0 Å². The normalized spacial score (nSPS) is 13.6. The summed E-state index contributed by atoms with van der Waals surface area (Å²) in [6.45, 7) is 7.92. The first-order valence-electron chi connectivity index (χ1n) is 9.53. The van der Waals surface area contributed by atoms with Crippen molar-refractivity contribution in [1.29, 1.82) is 0 Å². The van der Waals surface area contributed by atoms with Crippen molar-refractivity contribution >= 4 is 22.4 Å². The second-order valence-corrected chi connectivity index (χ2v) is 7.57. The van der Waals surface area contributed by atoms with Gasteiger partial charge in [0.05, 0.1) is 0 Å². The van der Waals surface area contributed by atoms with E-state index in [-0.39, 0.29) is 5.91 Å². The van der Waals surface area contributed by atoms with Gasteiger partial charge < -0.3 is 10.1 Å². The van der Waals surface area contributed by atoms with E-state index in [0.29, 0.717) is 0 Å². The number of ether oxygens (including phenoxy) is 1. The van der Waals surface area contributed by atoms with Gasteiger partial charge in [-0.2, -0.15) is 0 Å². The number of anilines is 1. The van der Waals surface area contributed by atoms with Gasteiger partial charge >= 0.3 is 0 Å². The monoisotopic (exact) mass is 359 g/mol. The highest BCUT2D eigenvalue weighted by Gasteiger charge is 2.20. The van der Waals surface area contributed by atoms with E-state index >= 15 is 0 Å². The van der Waals surface area contributed by atoms with Crippen molar-refractivity contribution in [3.8, 4) is 5.75 Å². The maximum atomic E-state index is 12.8. The van der Waals surface area contributed by atoms with E-state index in [1.165, 1.54) is 22.1 Å². The standard InChI is InChI=1S/C24H25NO2/c1-14-12-15(2)16(3)22(13-14)27-17(4)24(26)25-21-11-10-19-9-8-18-6-5-7-20(21)23(18)19/h5-7,10-13,17H,8-9H2,1-4H3,(H,25,26)/t17-/m0/s1. The lowest BCUT2D eigenvalue weighted by Gasteiger charge is -2.18. The van der Waals surface area contributed by atoms with Crippen LogP contribution in [-0.2, 0) is 17.6 Å². The molecule has 3 aromatic rings. The lowest BCUT2D eigenvalue weighted by molar-refractivity contribution is -0.122. The molecule has 1 atom stereocenters. The Labute approximate surface area is 160 Å². The zero-order valence-electron chi connectivity index (χ0n) is 16.3. The van der Waals surface area contributed by atoms with Gasteiger partial charge in [-0.25, -0.2) is 0 Å². The molecule has 0 heterocycles. The van der Waals surface area contributed by atoms with Crippen LogP contribution in [0.3, 0.4) is 0 Å². The molecule has 0 saturated carbocycles. The van der Waals surface area contributed by atoms with E-state index in [4.69, 9.17) is 4.74 Å². The summed E-state index contributed by atoms with van der Waals surface area (Å²) >= 11 is 0. The Morgan fingerprint density at radius 2 is 1.78 bits per heavy atom. The van der Waals surface area contributed by atoms with Gasteiger partial charge in [0.25, 0.3) is 5.91 Å². The maximum absolute atomic E-state index is 12.8. The number of aryl methyl sites for hydroxylation is 4. The molecule has 0 saturated heterocycles. The quantitative estimate of drug-likeness (QED) is 0.689. The Morgan fingerprint density at radius 3 is 2.56 bits per heavy atom. The summed E-state index contributed by atoms with van der Waals surface area (Å²) in [6, 6.07) is 14.6. The Bertz CT molecular complexity index is 1040. The number of hydrogen-bond acceptors (Lipinski definition) is 2. The summed E-state index contributed by atoms with van der Waals surface area (Å²) in [4.78, 5) is 12.8. The van der Waals surface area contributed by atoms with Crippen LogP contribution in [0, 0.1) is 20.8 Å². The average Bonchev–Trinajstić information content (AvgIpc) is 3.06. The molecule has 0 bridgehead atoms. The van der Waals surface area contributed by atoms with E-state index < -0.39 is 6.10 Å². The summed E-state index contributed by atoms with van der Waals surface area (Å²) in [5.41, 5.74) is 6.97. The smallest absolute Gasteiger partial charge is 0.265 e. The van der Waals surface area contributed by atoms with Gasteiger partial charge in [-0.3, -0.25) is 4.79 Å². The SMILES string of the molecule is Cc1cc(C)c(C)c(O[C@@H](C)C(=O)Nc2ccc3c4c(cccc24)CC3)c1. The summed E-state index contributed by atoms with van der Waals surface area (Å²) in [7, 11) is 0. The second-order valence-electron chi connectivity index (χ2n) is 7.57. The molecule has 0 aromatic heterocycles. The molecule has 0 radical (unpaired) electrons. The first kappa shape index (κ1) is 17.6. The lowest BCUT2D eigenvalue weighted by Crippen LogP contribution is -2.30. The number of rotatable bonds is 4. The molecule has 0 unspecified atom stereocenters. The minimum Gasteiger partial charge on any atom is -0.481 e. The fourth-order valence-electron chi connectivity index (χ4n) is 3.96. The summed E-state index contributed by atoms with van der Waals surface area (Å²) in [6.07, 6.45) is 1.58. The highest BCUT2D eigenvalue weighted by Crippen LogP contribution is 2.35. The maximum Gasteiger partial charge on any atom is 0.265 e. The predicted octanol–water partition coefficient (Wildman–Crippen LogP) is 5.27. The van der Waals surface area contributed by atoms with Crippen molar-refractivity contribution in [2.24, 2.45) is 0 Å². The van der Waals surface area contributed by atoms with E-state index in [1.807, 2.05) is 26.0 Å². The largest absolute Gasteiger partial charge is 0.481 e. The first-order valence-corrected chi connectivity index (χ1v) is 9.53. The topological polar surface area (TPSA) is 38.3 Å². The average molecular weight is 359 g/mol. The number of benzene rings is 3. The van der Waals surface area contributed by atoms with Gasteiger partial charge in [-0.15, -0.1) is 0 Å². The van der Waals surface area contributed by atoms with E-state index in [2.05, 4.69) is 42.6 Å². The lowest BCUT2D eigenvalue weighted by atomic mass is 10.0. The molecule has 0 spiro atoms. The van der Waals surface area contributed by atoms with Crippen LogP contribution in [0.2, 0.25) is 0 Å². The fraction of sp³-hybridized carbons (Fsp3) is 0.292. The van der Waals surface area contributed by atoms with Crippen LogP contribution in [0.1, 0.15) is 34.7 Å². The van der Waals surface area contributed by atoms with Crippen LogP contribution in [0.5, 0.6) is 5.75 Å². The van der Waals surface area contributed by atoms with Gasteiger partial charge in [0.2, 0.25) is 0 Å². The van der Waals surface area contributed by atoms with Crippen molar-refractivity contribution in [2.75, 3.05) is 5.32 Å². The highest BCUT2D eigenvalue weighted by molar-refractivity contribution is 6.06. The molecule has 3 aromatic carbocycles. The Hall–Kier alpha value is -2.81. The predicted molar refractivity (Wildman–Crippen MR) is 111 cm³/mol. The molecule has 3 nitrogen and oxygen atoms in total. The van der Waals surface area contributed by atoms with Gasteiger partial charge in [0.15, 0.2) is 6.10 Å². The van der Waals surface area contributed by atoms with Crippen LogP contribution in [-0.4, -0.2) is 12.0 Å². The third kappa shape index (κ3) is 3.18. The number of amides is 1. The molecule has 1 aliphatic carbocycles. The molecule has 4 rings (SSSR count). The second kappa shape index (κ2) is 6.73. The molecule has 1 N–H and O–H groups in total. The van der Waals surface area contributed by atoms with E-state index in [9.17, 15) is 4.79 Å². The first-order chi connectivity index (χ1) is 12.9. The number of nitrogens with one attached hydrogen (secondary N) is 1. The molecule has 1 aliphatic rings. The van der Waals surface area contributed by atoms with Crippen LogP contribution in [0.15, 0.2) is 42.5 Å². The number of carbonyl (C=O) groups is 1. The van der Waals surface area contributed by atoms with Crippen LogP contribution in [0.4, 0.5) is 5.69 Å². The Kier molecular flexibility index (Phi) is 4.39. The van der Waals surface area contributed by atoms with Crippen molar-refractivity contribution in [3.63, 3.8) is 0 Å². The molecule has 3 heteroatoms. The molecular formula is C24H25NO2.